The summed E-state index contributed by atoms with van der Waals surface area (Å²) in [5.41, 5.74) is 4.31. The fourth-order valence-corrected chi connectivity index (χ4v) is 5.83. The van der Waals surface area contributed by atoms with Crippen LogP contribution in [-0.2, 0) is 16.1 Å². The maximum atomic E-state index is 13.9. The summed E-state index contributed by atoms with van der Waals surface area (Å²) in [6, 6.07) is 22.2. The number of allylic oxidation sites excluding steroid dienone is 1. The first-order valence-electron chi connectivity index (χ1n) is 13.2. The topological polar surface area (TPSA) is 73.1 Å². The molecule has 1 atom stereocenters. The van der Waals surface area contributed by atoms with Gasteiger partial charge in [0, 0.05) is 24.8 Å². The summed E-state index contributed by atoms with van der Waals surface area (Å²) in [6.45, 7) is 4.16. The maximum absolute atomic E-state index is 13.9. The van der Waals surface area contributed by atoms with Gasteiger partial charge in [-0.2, -0.15) is 0 Å². The Hall–Kier alpha value is -4.14. The van der Waals surface area contributed by atoms with Gasteiger partial charge < -0.3 is 14.4 Å². The minimum absolute atomic E-state index is 0.225. The third-order valence-electron chi connectivity index (χ3n) is 6.72. The third-order valence-corrected chi connectivity index (χ3v) is 7.95. The molecule has 41 heavy (non-hydrogen) atoms. The Morgan fingerprint density at radius 1 is 1.10 bits per heavy atom. The van der Waals surface area contributed by atoms with Crippen LogP contribution in [0.5, 0.6) is 5.75 Å². The smallest absolute Gasteiger partial charge is 0.338 e. The number of halogens is 1. The molecule has 0 amide bonds. The lowest BCUT2D eigenvalue weighted by Gasteiger charge is -2.25. The summed E-state index contributed by atoms with van der Waals surface area (Å²) in [6.07, 6.45) is 1.83. The molecule has 2 heterocycles. The highest BCUT2D eigenvalue weighted by Gasteiger charge is 2.33. The lowest BCUT2D eigenvalue weighted by molar-refractivity contribution is -0.139. The van der Waals surface area contributed by atoms with E-state index in [1.165, 1.54) is 11.3 Å². The molecule has 5 rings (SSSR count). The molecule has 0 fully saturated rings. The third kappa shape index (κ3) is 6.14. The molecular formula is C32H30ClN3O4S. The van der Waals surface area contributed by atoms with E-state index in [4.69, 9.17) is 21.1 Å². The number of rotatable bonds is 8. The molecule has 0 spiro atoms. The van der Waals surface area contributed by atoms with Crippen molar-refractivity contribution in [2.45, 2.75) is 26.5 Å². The van der Waals surface area contributed by atoms with E-state index < -0.39 is 12.0 Å². The number of nitrogens with zero attached hydrogens (tertiary/aromatic N) is 3. The first kappa shape index (κ1) is 28.4. The van der Waals surface area contributed by atoms with Gasteiger partial charge in [0.15, 0.2) is 4.80 Å². The summed E-state index contributed by atoms with van der Waals surface area (Å²) in [4.78, 5) is 34.2. The predicted molar refractivity (Wildman–Crippen MR) is 163 cm³/mol. The number of carbonyl (C=O) groups excluding carboxylic acids is 1. The van der Waals surface area contributed by atoms with Gasteiger partial charge in [-0.1, -0.05) is 59.3 Å². The number of ether oxygens (including phenoxy) is 2. The molecule has 0 saturated carbocycles. The second-order valence-electron chi connectivity index (χ2n) is 9.78. The van der Waals surface area contributed by atoms with Crippen LogP contribution in [0.3, 0.4) is 0 Å². The van der Waals surface area contributed by atoms with Crippen molar-refractivity contribution in [2.75, 3.05) is 25.6 Å². The van der Waals surface area contributed by atoms with Crippen molar-refractivity contribution < 1.29 is 14.3 Å². The normalized spacial score (nSPS) is 14.9. The van der Waals surface area contributed by atoms with Crippen LogP contribution < -0.4 is 24.5 Å². The number of fused-ring (bicyclic) bond motifs is 1. The van der Waals surface area contributed by atoms with Gasteiger partial charge >= 0.3 is 5.97 Å². The van der Waals surface area contributed by atoms with Crippen molar-refractivity contribution in [3.8, 4) is 5.75 Å². The zero-order chi connectivity index (χ0) is 29.1. The van der Waals surface area contributed by atoms with Gasteiger partial charge in [-0.25, -0.2) is 9.79 Å². The molecule has 0 aliphatic carbocycles. The Morgan fingerprint density at radius 3 is 2.51 bits per heavy atom. The fraction of sp³-hybridized carbons (Fsp3) is 0.219. The molecule has 0 N–H and O–H groups in total. The molecule has 0 saturated heterocycles. The minimum Gasteiger partial charge on any atom is -0.489 e. The average molecular weight is 588 g/mol. The number of esters is 1. The molecule has 1 aliphatic heterocycles. The Bertz CT molecular complexity index is 1790. The SMILES string of the molecule is CCOC(=O)C1=C(C)N=c2s/c(=C\c3cccc(OCc4ccc(Cl)cc4)c3)c(=O)n2[C@H]1c1ccc(N(C)C)cc1. The molecule has 210 valence electrons. The minimum atomic E-state index is -0.655. The molecule has 1 aliphatic rings. The highest BCUT2D eigenvalue weighted by molar-refractivity contribution is 7.07. The highest BCUT2D eigenvalue weighted by atomic mass is 35.5. The van der Waals surface area contributed by atoms with Gasteiger partial charge in [-0.15, -0.1) is 0 Å². The predicted octanol–water partition coefficient (Wildman–Crippen LogP) is 5.10. The zero-order valence-electron chi connectivity index (χ0n) is 23.3. The van der Waals surface area contributed by atoms with Crippen molar-refractivity contribution in [3.05, 3.63) is 125 Å². The lowest BCUT2D eigenvalue weighted by atomic mass is 9.95. The van der Waals surface area contributed by atoms with Crippen LogP contribution in [0.2, 0.25) is 5.02 Å². The fourth-order valence-electron chi connectivity index (χ4n) is 4.65. The quantitative estimate of drug-likeness (QED) is 0.268. The van der Waals surface area contributed by atoms with E-state index in [1.807, 2.05) is 97.9 Å². The lowest BCUT2D eigenvalue weighted by Crippen LogP contribution is -2.39. The van der Waals surface area contributed by atoms with Crippen molar-refractivity contribution >= 4 is 40.7 Å². The van der Waals surface area contributed by atoms with E-state index in [0.717, 1.165) is 22.4 Å². The molecule has 4 aromatic rings. The first-order valence-corrected chi connectivity index (χ1v) is 14.4. The summed E-state index contributed by atoms with van der Waals surface area (Å²) in [7, 11) is 3.92. The number of hydrogen-bond acceptors (Lipinski definition) is 7. The van der Waals surface area contributed by atoms with Crippen molar-refractivity contribution in [2.24, 2.45) is 4.99 Å². The van der Waals surface area contributed by atoms with Crippen molar-refractivity contribution in [3.63, 3.8) is 0 Å². The number of aromatic nitrogens is 1. The molecule has 3 aromatic carbocycles. The van der Waals surface area contributed by atoms with Gasteiger partial charge in [-0.3, -0.25) is 9.36 Å². The number of anilines is 1. The molecule has 0 bridgehead atoms. The summed E-state index contributed by atoms with van der Waals surface area (Å²) >= 11 is 7.27. The van der Waals surface area contributed by atoms with Gasteiger partial charge in [0.1, 0.15) is 12.4 Å². The number of hydrogen-bond donors (Lipinski definition) is 0. The number of thiazole rings is 1. The van der Waals surface area contributed by atoms with Crippen LogP contribution in [-0.4, -0.2) is 31.2 Å². The summed E-state index contributed by atoms with van der Waals surface area (Å²) in [5.74, 6) is 0.205. The van der Waals surface area contributed by atoms with Crippen LogP contribution in [0, 0.1) is 0 Å². The first-order chi connectivity index (χ1) is 19.7. The van der Waals surface area contributed by atoms with Gasteiger partial charge in [0.2, 0.25) is 0 Å². The van der Waals surface area contributed by atoms with E-state index >= 15 is 0 Å². The monoisotopic (exact) mass is 587 g/mol. The van der Waals surface area contributed by atoms with E-state index in [1.54, 1.807) is 18.4 Å². The Kier molecular flexibility index (Phi) is 8.42. The largest absolute Gasteiger partial charge is 0.489 e. The van der Waals surface area contributed by atoms with E-state index in [0.29, 0.717) is 38.0 Å². The van der Waals surface area contributed by atoms with Gasteiger partial charge in [-0.05, 0) is 73.0 Å². The van der Waals surface area contributed by atoms with Crippen molar-refractivity contribution in [1.82, 2.24) is 4.57 Å². The van der Waals surface area contributed by atoms with Gasteiger partial charge in [0.05, 0.1) is 28.5 Å². The molecule has 0 unspecified atom stereocenters. The second kappa shape index (κ2) is 12.2. The van der Waals surface area contributed by atoms with Crippen LogP contribution >= 0.6 is 22.9 Å². The average Bonchev–Trinajstić information content (AvgIpc) is 3.26. The van der Waals surface area contributed by atoms with E-state index in [2.05, 4.69) is 4.99 Å². The molecule has 0 radical (unpaired) electrons. The second-order valence-corrected chi connectivity index (χ2v) is 11.2. The summed E-state index contributed by atoms with van der Waals surface area (Å²) in [5, 5.41) is 0.676. The van der Waals surface area contributed by atoms with Crippen LogP contribution in [0.15, 0.2) is 93.9 Å². The molecule has 7 nitrogen and oxygen atoms in total. The van der Waals surface area contributed by atoms with Gasteiger partial charge in [0.25, 0.3) is 5.56 Å². The molecular weight excluding hydrogens is 558 g/mol. The maximum Gasteiger partial charge on any atom is 0.338 e. The Balaban J connectivity index is 1.54. The number of benzene rings is 3. The molecule has 9 heteroatoms. The Labute approximate surface area is 247 Å². The Morgan fingerprint density at radius 2 is 1.83 bits per heavy atom. The van der Waals surface area contributed by atoms with Crippen LogP contribution in [0.1, 0.15) is 36.6 Å². The highest BCUT2D eigenvalue weighted by Crippen LogP contribution is 2.31. The molecule has 1 aromatic heterocycles. The van der Waals surface area contributed by atoms with Crippen LogP contribution in [0.25, 0.3) is 6.08 Å². The van der Waals surface area contributed by atoms with E-state index in [-0.39, 0.29) is 12.2 Å². The number of carbonyl (C=O) groups is 1. The van der Waals surface area contributed by atoms with Crippen LogP contribution in [0.4, 0.5) is 5.69 Å². The summed E-state index contributed by atoms with van der Waals surface area (Å²) < 4.78 is 13.5. The van der Waals surface area contributed by atoms with Crippen molar-refractivity contribution in [1.29, 1.82) is 0 Å². The zero-order valence-corrected chi connectivity index (χ0v) is 24.8. The van der Waals surface area contributed by atoms with E-state index in [9.17, 15) is 9.59 Å². The standard InChI is InChI=1S/C32H30ClN3O4S/c1-5-39-31(38)28-20(2)34-32-36(29(28)23-11-15-25(16-12-23)35(3)4)30(37)27(41-32)18-22-7-6-8-26(17-22)40-19-21-9-13-24(33)14-10-21/h6-18,29H,5,19H2,1-4H3/b27-18-/t29-/m0/s1.